The lowest BCUT2D eigenvalue weighted by Gasteiger charge is -2.14. The number of hydrogen-bond acceptors (Lipinski definition) is 6. The molecule has 10 heteroatoms. The average Bonchev–Trinajstić information content (AvgIpc) is 3.17. The normalized spacial score (nSPS) is 12.4. The van der Waals surface area contributed by atoms with Crippen molar-refractivity contribution < 1.29 is 17.9 Å². The van der Waals surface area contributed by atoms with E-state index < -0.39 is 15.3 Å². The Labute approximate surface area is 202 Å². The van der Waals surface area contributed by atoms with E-state index in [-0.39, 0.29) is 10.8 Å². The number of nitrogens with two attached hydrogens (primary N) is 1. The number of imidazole rings is 1. The van der Waals surface area contributed by atoms with Gasteiger partial charge in [0.2, 0.25) is 15.9 Å². The molecule has 1 atom stereocenters. The molecule has 3 aromatic carbocycles. The number of amides is 1. The van der Waals surface area contributed by atoms with Gasteiger partial charge in [0, 0.05) is 11.4 Å². The van der Waals surface area contributed by atoms with Crippen LogP contribution in [-0.2, 0) is 14.8 Å². The highest BCUT2D eigenvalue weighted by Gasteiger charge is 2.21. The summed E-state index contributed by atoms with van der Waals surface area (Å²) < 4.78 is 30.4. The van der Waals surface area contributed by atoms with E-state index in [0.717, 1.165) is 22.5 Å². The lowest BCUT2D eigenvalue weighted by molar-refractivity contribution is -0.115. The summed E-state index contributed by atoms with van der Waals surface area (Å²) in [5.41, 5.74) is 3.14. The van der Waals surface area contributed by atoms with Gasteiger partial charge >= 0.3 is 0 Å². The van der Waals surface area contributed by atoms with Crippen LogP contribution in [0.3, 0.4) is 0 Å². The Morgan fingerprint density at radius 3 is 2.41 bits per heavy atom. The van der Waals surface area contributed by atoms with Gasteiger partial charge in [0.05, 0.1) is 27.8 Å². The monoisotopic (exact) mass is 496 g/mol. The summed E-state index contributed by atoms with van der Waals surface area (Å²) in [5.74, 6) is 0.546. The molecule has 3 N–H and O–H groups in total. The summed E-state index contributed by atoms with van der Waals surface area (Å²) >= 11 is 1.33. The Kier molecular flexibility index (Phi) is 6.92. The topological polar surface area (TPSA) is 116 Å². The van der Waals surface area contributed by atoms with E-state index in [4.69, 9.17) is 14.9 Å². The highest BCUT2D eigenvalue weighted by Crippen LogP contribution is 2.31. The number of primary sulfonamides is 1. The molecule has 1 aromatic heterocycles. The van der Waals surface area contributed by atoms with Gasteiger partial charge in [-0.1, -0.05) is 23.9 Å². The molecule has 8 nitrogen and oxygen atoms in total. The minimum absolute atomic E-state index is 0.0167. The lowest BCUT2D eigenvalue weighted by Crippen LogP contribution is -2.23. The van der Waals surface area contributed by atoms with E-state index in [9.17, 15) is 13.2 Å². The third-order valence-electron chi connectivity index (χ3n) is 5.04. The van der Waals surface area contributed by atoms with Gasteiger partial charge in [0.25, 0.3) is 0 Å². The number of carbonyl (C=O) groups is 1. The van der Waals surface area contributed by atoms with Crippen LogP contribution in [0.25, 0.3) is 16.7 Å². The van der Waals surface area contributed by atoms with Crippen molar-refractivity contribution in [2.75, 3.05) is 11.9 Å². The van der Waals surface area contributed by atoms with Gasteiger partial charge < -0.3 is 10.1 Å². The number of fused-ring (bicyclic) bond motifs is 1. The molecule has 34 heavy (non-hydrogen) atoms. The molecule has 1 amide bonds. The van der Waals surface area contributed by atoms with Crippen LogP contribution in [0.5, 0.6) is 5.75 Å². The summed E-state index contributed by atoms with van der Waals surface area (Å²) in [4.78, 5) is 17.6. The molecule has 0 saturated heterocycles. The van der Waals surface area contributed by atoms with Crippen molar-refractivity contribution in [3.63, 3.8) is 0 Å². The molecule has 1 heterocycles. The van der Waals surface area contributed by atoms with Gasteiger partial charge in [-0.2, -0.15) is 0 Å². The predicted molar refractivity (Wildman–Crippen MR) is 134 cm³/mol. The first-order valence-corrected chi connectivity index (χ1v) is 13.0. The molecule has 0 fully saturated rings. The van der Waals surface area contributed by atoms with Crippen molar-refractivity contribution in [3.05, 3.63) is 72.8 Å². The van der Waals surface area contributed by atoms with Gasteiger partial charge in [-0.3, -0.25) is 9.36 Å². The molecule has 4 rings (SSSR count). The van der Waals surface area contributed by atoms with Crippen LogP contribution in [0.15, 0.2) is 82.8 Å². The minimum atomic E-state index is -3.79. The van der Waals surface area contributed by atoms with Crippen LogP contribution in [0.4, 0.5) is 5.69 Å². The molecule has 0 radical (unpaired) electrons. The van der Waals surface area contributed by atoms with E-state index in [1.54, 1.807) is 6.92 Å². The van der Waals surface area contributed by atoms with Crippen LogP contribution in [0, 0.1) is 0 Å². The van der Waals surface area contributed by atoms with Crippen LogP contribution >= 0.6 is 11.8 Å². The molecular formula is C24H24N4O4S2. The van der Waals surface area contributed by atoms with Crippen molar-refractivity contribution in [1.29, 1.82) is 0 Å². The number of aromatic nitrogens is 2. The molecule has 176 valence electrons. The molecule has 0 saturated carbocycles. The minimum Gasteiger partial charge on any atom is -0.494 e. The largest absolute Gasteiger partial charge is 0.494 e. The molecule has 0 aliphatic rings. The zero-order valence-electron chi connectivity index (χ0n) is 18.6. The Morgan fingerprint density at radius 1 is 1.09 bits per heavy atom. The fraction of sp³-hybridized carbons (Fsp3) is 0.167. The first-order chi connectivity index (χ1) is 16.3. The summed E-state index contributed by atoms with van der Waals surface area (Å²) in [6.07, 6.45) is 0. The van der Waals surface area contributed by atoms with E-state index in [1.807, 2.05) is 60.0 Å². The standard InChI is InChI=1S/C24H24N4O4S2/c1-3-32-19-12-10-18(11-13-19)28-22-7-5-4-6-21(22)27-24(28)33-16(2)23(29)26-17-8-14-20(15-9-17)34(25,30)31/h4-16H,3H2,1-2H3,(H,26,29)(H2,25,30,31). The van der Waals surface area contributed by atoms with E-state index in [2.05, 4.69) is 5.32 Å². The number of nitrogens with zero attached hydrogens (tertiary/aromatic N) is 2. The van der Waals surface area contributed by atoms with Gasteiger partial charge in [0.1, 0.15) is 5.75 Å². The lowest BCUT2D eigenvalue weighted by atomic mass is 10.2. The number of benzene rings is 3. The number of sulfonamides is 1. The number of rotatable bonds is 8. The van der Waals surface area contributed by atoms with Crippen molar-refractivity contribution in [2.45, 2.75) is 29.1 Å². The SMILES string of the molecule is CCOc1ccc(-n2c(SC(C)C(=O)Nc3ccc(S(N)(=O)=O)cc3)nc3ccccc32)cc1. The van der Waals surface area contributed by atoms with Gasteiger partial charge in [-0.05, 0) is 74.5 Å². The number of carbonyl (C=O) groups excluding carboxylic acids is 1. The number of nitrogens with one attached hydrogen (secondary N) is 1. The number of para-hydroxylation sites is 2. The number of hydrogen-bond donors (Lipinski definition) is 2. The zero-order chi connectivity index (χ0) is 24.3. The molecule has 0 aliphatic heterocycles. The van der Waals surface area contributed by atoms with Crippen molar-refractivity contribution in [2.24, 2.45) is 5.14 Å². The van der Waals surface area contributed by atoms with Crippen LogP contribution in [-0.4, -0.2) is 35.7 Å². The van der Waals surface area contributed by atoms with E-state index >= 15 is 0 Å². The summed E-state index contributed by atoms with van der Waals surface area (Å²) in [5, 5.41) is 8.13. The van der Waals surface area contributed by atoms with E-state index in [0.29, 0.717) is 17.5 Å². The summed E-state index contributed by atoms with van der Waals surface area (Å²) in [7, 11) is -3.79. The fourth-order valence-electron chi connectivity index (χ4n) is 3.37. The molecular weight excluding hydrogens is 472 g/mol. The van der Waals surface area contributed by atoms with Gasteiger partial charge in [-0.25, -0.2) is 18.5 Å². The first-order valence-electron chi connectivity index (χ1n) is 10.6. The highest BCUT2D eigenvalue weighted by atomic mass is 32.2. The van der Waals surface area contributed by atoms with Crippen LogP contribution < -0.4 is 15.2 Å². The Balaban J connectivity index is 1.57. The zero-order valence-corrected chi connectivity index (χ0v) is 20.3. The number of anilines is 1. The maximum absolute atomic E-state index is 12.8. The summed E-state index contributed by atoms with van der Waals surface area (Å²) in [6.45, 7) is 4.32. The predicted octanol–water partition coefficient (Wildman–Crippen LogP) is 4.19. The second kappa shape index (κ2) is 9.88. The molecule has 0 bridgehead atoms. The molecule has 0 aliphatic carbocycles. The fourth-order valence-corrected chi connectivity index (χ4v) is 4.83. The third kappa shape index (κ3) is 5.24. The van der Waals surface area contributed by atoms with Gasteiger partial charge in [0.15, 0.2) is 5.16 Å². The molecule has 0 spiro atoms. The Morgan fingerprint density at radius 2 is 1.76 bits per heavy atom. The van der Waals surface area contributed by atoms with Crippen LogP contribution in [0.1, 0.15) is 13.8 Å². The second-order valence-corrected chi connectivity index (χ2v) is 10.3. The maximum atomic E-state index is 12.8. The first kappa shape index (κ1) is 23.8. The third-order valence-corrected chi connectivity index (χ3v) is 7.02. The quantitative estimate of drug-likeness (QED) is 0.353. The van der Waals surface area contributed by atoms with Crippen molar-refractivity contribution >= 4 is 44.4 Å². The van der Waals surface area contributed by atoms with Crippen molar-refractivity contribution in [3.8, 4) is 11.4 Å². The van der Waals surface area contributed by atoms with Crippen LogP contribution in [0.2, 0.25) is 0 Å². The van der Waals surface area contributed by atoms with Crippen molar-refractivity contribution in [1.82, 2.24) is 9.55 Å². The Hall–Kier alpha value is -3.34. The average molecular weight is 497 g/mol. The number of ether oxygens (including phenoxy) is 1. The maximum Gasteiger partial charge on any atom is 0.238 e. The smallest absolute Gasteiger partial charge is 0.238 e. The number of thioether (sulfide) groups is 1. The second-order valence-electron chi connectivity index (χ2n) is 7.46. The Bertz CT molecular complexity index is 1420. The van der Waals surface area contributed by atoms with E-state index in [1.165, 1.54) is 36.0 Å². The highest BCUT2D eigenvalue weighted by molar-refractivity contribution is 8.00. The molecule has 4 aromatic rings. The van der Waals surface area contributed by atoms with Gasteiger partial charge in [-0.15, -0.1) is 0 Å². The molecule has 1 unspecified atom stereocenters. The summed E-state index contributed by atoms with van der Waals surface area (Å²) in [6, 6.07) is 21.2.